The Labute approximate surface area is 137 Å². The lowest BCUT2D eigenvalue weighted by Crippen LogP contribution is -2.28. The lowest BCUT2D eigenvalue weighted by atomic mass is 9.79. The molecule has 1 saturated carbocycles. The Kier molecular flexibility index (Phi) is 6.34. The van der Waals surface area contributed by atoms with E-state index in [0.29, 0.717) is 23.5 Å². The largest absolute Gasteiger partial charge is 0.426 e. The highest BCUT2D eigenvalue weighted by atomic mass is 16.5. The SMILES string of the molecule is CCCCC(=O)C1CCC(C(=O)Oc2ccc(C#N)cc2)CC1. The van der Waals surface area contributed by atoms with E-state index in [2.05, 4.69) is 6.92 Å². The molecule has 0 spiro atoms. The van der Waals surface area contributed by atoms with Gasteiger partial charge in [0.2, 0.25) is 0 Å². The molecule has 4 heteroatoms. The highest BCUT2D eigenvalue weighted by molar-refractivity contribution is 5.81. The minimum absolute atomic E-state index is 0.124. The maximum atomic E-state index is 12.2. The average molecular weight is 313 g/mol. The lowest BCUT2D eigenvalue weighted by molar-refractivity contribution is -0.141. The minimum Gasteiger partial charge on any atom is -0.426 e. The summed E-state index contributed by atoms with van der Waals surface area (Å²) in [4.78, 5) is 24.2. The van der Waals surface area contributed by atoms with Gasteiger partial charge in [-0.1, -0.05) is 13.3 Å². The van der Waals surface area contributed by atoms with Crippen LogP contribution in [0.4, 0.5) is 0 Å². The second kappa shape index (κ2) is 8.47. The topological polar surface area (TPSA) is 67.2 Å². The average Bonchev–Trinajstić information content (AvgIpc) is 2.60. The number of hydrogen-bond acceptors (Lipinski definition) is 4. The Bertz CT molecular complexity index is 578. The molecular formula is C19H23NO3. The fourth-order valence-electron chi connectivity index (χ4n) is 3.00. The molecule has 0 aliphatic heterocycles. The third kappa shape index (κ3) is 4.92. The summed E-state index contributed by atoms with van der Waals surface area (Å²) in [6, 6.07) is 8.56. The number of nitrogens with zero attached hydrogens (tertiary/aromatic N) is 1. The van der Waals surface area contributed by atoms with Gasteiger partial charge in [0.1, 0.15) is 11.5 Å². The van der Waals surface area contributed by atoms with Crippen LogP contribution >= 0.6 is 0 Å². The van der Waals surface area contributed by atoms with Crippen molar-refractivity contribution in [2.24, 2.45) is 11.8 Å². The maximum Gasteiger partial charge on any atom is 0.314 e. The van der Waals surface area contributed by atoms with E-state index in [1.165, 1.54) is 0 Å². The summed E-state index contributed by atoms with van der Waals surface area (Å²) in [5, 5.41) is 8.75. The number of ether oxygens (including phenoxy) is 1. The second-order valence-electron chi connectivity index (χ2n) is 6.18. The van der Waals surface area contributed by atoms with Crippen LogP contribution in [0.1, 0.15) is 57.4 Å². The smallest absolute Gasteiger partial charge is 0.314 e. The van der Waals surface area contributed by atoms with Crippen molar-refractivity contribution in [3.8, 4) is 11.8 Å². The van der Waals surface area contributed by atoms with Gasteiger partial charge in [-0.15, -0.1) is 0 Å². The summed E-state index contributed by atoms with van der Waals surface area (Å²) in [6.07, 6.45) is 5.68. The molecule has 0 heterocycles. The van der Waals surface area contributed by atoms with Crippen molar-refractivity contribution < 1.29 is 14.3 Å². The predicted molar refractivity (Wildman–Crippen MR) is 86.8 cm³/mol. The molecule has 4 nitrogen and oxygen atoms in total. The number of ketones is 1. The zero-order valence-corrected chi connectivity index (χ0v) is 13.6. The van der Waals surface area contributed by atoms with Crippen LogP contribution in [0.15, 0.2) is 24.3 Å². The third-order valence-electron chi connectivity index (χ3n) is 4.49. The fourth-order valence-corrected chi connectivity index (χ4v) is 3.00. The minimum atomic E-state index is -0.228. The van der Waals surface area contributed by atoms with Crippen molar-refractivity contribution in [3.63, 3.8) is 0 Å². The van der Waals surface area contributed by atoms with Gasteiger partial charge in [0.15, 0.2) is 0 Å². The summed E-state index contributed by atoms with van der Waals surface area (Å²) in [7, 11) is 0. The highest BCUT2D eigenvalue weighted by Gasteiger charge is 2.30. The lowest BCUT2D eigenvalue weighted by Gasteiger charge is -2.26. The van der Waals surface area contributed by atoms with Gasteiger partial charge in [-0.25, -0.2) is 0 Å². The second-order valence-corrected chi connectivity index (χ2v) is 6.18. The van der Waals surface area contributed by atoms with Crippen LogP contribution in [0.2, 0.25) is 0 Å². The molecular weight excluding hydrogens is 290 g/mol. The summed E-state index contributed by atoms with van der Waals surface area (Å²) in [6.45, 7) is 2.09. The number of esters is 1. The van der Waals surface area contributed by atoms with Gasteiger partial charge in [0, 0.05) is 12.3 Å². The highest BCUT2D eigenvalue weighted by Crippen LogP contribution is 2.31. The van der Waals surface area contributed by atoms with Crippen LogP contribution in [-0.2, 0) is 9.59 Å². The fraction of sp³-hybridized carbons (Fsp3) is 0.526. The number of benzene rings is 1. The molecule has 23 heavy (non-hydrogen) atoms. The number of rotatable bonds is 6. The van der Waals surface area contributed by atoms with E-state index in [-0.39, 0.29) is 17.8 Å². The zero-order chi connectivity index (χ0) is 16.7. The Morgan fingerprint density at radius 2 is 1.74 bits per heavy atom. The van der Waals surface area contributed by atoms with Gasteiger partial charge in [0.05, 0.1) is 17.6 Å². The molecule has 0 unspecified atom stereocenters. The Hall–Kier alpha value is -2.15. The van der Waals surface area contributed by atoms with Gasteiger partial charge in [0.25, 0.3) is 0 Å². The summed E-state index contributed by atoms with van der Waals surface area (Å²) < 4.78 is 5.38. The molecule has 0 aromatic heterocycles. The van der Waals surface area contributed by atoms with E-state index in [0.717, 1.165) is 38.5 Å². The number of unbranched alkanes of at least 4 members (excludes halogenated alkanes) is 1. The Morgan fingerprint density at radius 1 is 1.13 bits per heavy atom. The monoisotopic (exact) mass is 313 g/mol. The van der Waals surface area contributed by atoms with Gasteiger partial charge in [-0.05, 0) is 56.4 Å². The van der Waals surface area contributed by atoms with Crippen molar-refractivity contribution >= 4 is 11.8 Å². The van der Waals surface area contributed by atoms with Crippen LogP contribution in [0.25, 0.3) is 0 Å². The molecule has 0 N–H and O–H groups in total. The molecule has 0 saturated heterocycles. The molecule has 1 aliphatic carbocycles. The van der Waals surface area contributed by atoms with Gasteiger partial charge in [-0.3, -0.25) is 9.59 Å². The van der Waals surface area contributed by atoms with Crippen LogP contribution in [-0.4, -0.2) is 11.8 Å². The van der Waals surface area contributed by atoms with Crippen molar-refractivity contribution in [2.75, 3.05) is 0 Å². The number of carbonyl (C=O) groups is 2. The van der Waals surface area contributed by atoms with Crippen LogP contribution in [0.3, 0.4) is 0 Å². The molecule has 1 fully saturated rings. The predicted octanol–water partition coefficient (Wildman–Crippen LogP) is 4.03. The number of hydrogen-bond donors (Lipinski definition) is 0. The van der Waals surface area contributed by atoms with E-state index < -0.39 is 0 Å². The van der Waals surface area contributed by atoms with Crippen molar-refractivity contribution in [2.45, 2.75) is 51.9 Å². The Balaban J connectivity index is 1.81. The van der Waals surface area contributed by atoms with Crippen molar-refractivity contribution in [1.29, 1.82) is 5.26 Å². The van der Waals surface area contributed by atoms with Gasteiger partial charge in [-0.2, -0.15) is 5.26 Å². The summed E-state index contributed by atoms with van der Waals surface area (Å²) >= 11 is 0. The number of nitriles is 1. The molecule has 1 aromatic carbocycles. The van der Waals surface area contributed by atoms with Crippen molar-refractivity contribution in [1.82, 2.24) is 0 Å². The van der Waals surface area contributed by atoms with Crippen LogP contribution < -0.4 is 4.74 Å². The van der Waals surface area contributed by atoms with Crippen LogP contribution in [0.5, 0.6) is 5.75 Å². The molecule has 1 aliphatic rings. The first-order valence-electron chi connectivity index (χ1n) is 8.38. The molecule has 0 bridgehead atoms. The van der Waals surface area contributed by atoms with E-state index in [1.807, 2.05) is 6.07 Å². The summed E-state index contributed by atoms with van der Waals surface area (Å²) in [5.74, 6) is 0.594. The standard InChI is InChI=1S/C19H23NO3/c1-2-3-4-18(21)15-7-9-16(10-8-15)19(22)23-17-11-5-14(13-20)6-12-17/h5-6,11-12,15-16H,2-4,7-10H2,1H3. The molecule has 122 valence electrons. The molecule has 0 amide bonds. The summed E-state index contributed by atoms with van der Waals surface area (Å²) in [5.41, 5.74) is 0.538. The quantitative estimate of drug-likeness (QED) is 0.587. The molecule has 1 aromatic rings. The number of carbonyl (C=O) groups excluding carboxylic acids is 2. The first-order chi connectivity index (χ1) is 11.1. The van der Waals surface area contributed by atoms with Gasteiger partial charge < -0.3 is 4.74 Å². The van der Waals surface area contributed by atoms with E-state index in [1.54, 1.807) is 24.3 Å². The van der Waals surface area contributed by atoms with Crippen LogP contribution in [0, 0.1) is 23.2 Å². The van der Waals surface area contributed by atoms with E-state index >= 15 is 0 Å². The maximum absolute atomic E-state index is 12.2. The van der Waals surface area contributed by atoms with Crippen molar-refractivity contribution in [3.05, 3.63) is 29.8 Å². The van der Waals surface area contributed by atoms with Gasteiger partial charge >= 0.3 is 5.97 Å². The zero-order valence-electron chi connectivity index (χ0n) is 13.6. The Morgan fingerprint density at radius 3 is 2.30 bits per heavy atom. The first kappa shape index (κ1) is 17.2. The molecule has 2 rings (SSSR count). The first-order valence-corrected chi connectivity index (χ1v) is 8.38. The third-order valence-corrected chi connectivity index (χ3v) is 4.49. The molecule has 0 atom stereocenters. The van der Waals surface area contributed by atoms with E-state index in [4.69, 9.17) is 10.00 Å². The molecule has 0 radical (unpaired) electrons. The number of Topliss-reactive ketones (excluding diaryl/α,β-unsaturated/α-hetero) is 1. The normalized spacial score (nSPS) is 20.5. The van der Waals surface area contributed by atoms with E-state index in [9.17, 15) is 9.59 Å².